The topological polar surface area (TPSA) is 44.0 Å². The van der Waals surface area contributed by atoms with Crippen molar-refractivity contribution in [2.45, 2.75) is 26.3 Å². The van der Waals surface area contributed by atoms with Crippen LogP contribution in [-0.2, 0) is 18.4 Å². The SMILES string of the molecule is CCCC(=O)Cn1ccn(C)c1=O. The van der Waals surface area contributed by atoms with Gasteiger partial charge in [-0.15, -0.1) is 0 Å². The van der Waals surface area contributed by atoms with Crippen molar-refractivity contribution >= 4 is 5.78 Å². The Labute approximate surface area is 76.8 Å². The molecular formula is C9H14N2O2. The van der Waals surface area contributed by atoms with E-state index in [0.717, 1.165) is 6.42 Å². The predicted octanol–water partition coefficient (Wildman–Crippen LogP) is 0.556. The summed E-state index contributed by atoms with van der Waals surface area (Å²) in [6, 6.07) is 0. The molecule has 0 aromatic carbocycles. The maximum absolute atomic E-state index is 11.3. The Morgan fingerprint density at radius 1 is 1.46 bits per heavy atom. The molecule has 0 aliphatic carbocycles. The normalized spacial score (nSPS) is 10.3. The molecule has 72 valence electrons. The highest BCUT2D eigenvalue weighted by Gasteiger charge is 2.04. The van der Waals surface area contributed by atoms with E-state index in [4.69, 9.17) is 0 Å². The molecule has 13 heavy (non-hydrogen) atoms. The third-order valence-corrected chi connectivity index (χ3v) is 1.89. The second-order valence-corrected chi connectivity index (χ2v) is 3.11. The van der Waals surface area contributed by atoms with Crippen LogP contribution in [0, 0.1) is 0 Å². The number of carbonyl (C=O) groups excluding carboxylic acids is 1. The zero-order valence-electron chi connectivity index (χ0n) is 7.99. The van der Waals surface area contributed by atoms with Crippen molar-refractivity contribution in [1.29, 1.82) is 0 Å². The highest BCUT2D eigenvalue weighted by Crippen LogP contribution is 1.92. The van der Waals surface area contributed by atoms with E-state index in [1.54, 1.807) is 19.4 Å². The summed E-state index contributed by atoms with van der Waals surface area (Å²) < 4.78 is 2.89. The number of aromatic nitrogens is 2. The van der Waals surface area contributed by atoms with Crippen LogP contribution in [0.2, 0.25) is 0 Å². The van der Waals surface area contributed by atoms with Crippen LogP contribution in [0.1, 0.15) is 19.8 Å². The zero-order valence-corrected chi connectivity index (χ0v) is 7.99. The summed E-state index contributed by atoms with van der Waals surface area (Å²) in [5.41, 5.74) is -0.135. The molecule has 0 radical (unpaired) electrons. The number of Topliss-reactive ketones (excluding diaryl/α,β-unsaturated/α-hetero) is 1. The lowest BCUT2D eigenvalue weighted by atomic mass is 10.2. The van der Waals surface area contributed by atoms with Crippen molar-refractivity contribution in [2.75, 3.05) is 0 Å². The number of nitrogens with zero attached hydrogens (tertiary/aromatic N) is 2. The van der Waals surface area contributed by atoms with Gasteiger partial charge in [-0.2, -0.15) is 0 Å². The fraction of sp³-hybridized carbons (Fsp3) is 0.556. The van der Waals surface area contributed by atoms with Gasteiger partial charge in [-0.1, -0.05) is 6.92 Å². The molecule has 0 spiro atoms. The third kappa shape index (κ3) is 2.31. The van der Waals surface area contributed by atoms with Crippen molar-refractivity contribution < 1.29 is 4.79 Å². The van der Waals surface area contributed by atoms with E-state index in [2.05, 4.69) is 0 Å². The molecule has 0 atom stereocenters. The molecule has 0 bridgehead atoms. The molecule has 1 heterocycles. The number of hydrogen-bond donors (Lipinski definition) is 0. The van der Waals surface area contributed by atoms with Gasteiger partial charge in [0.15, 0.2) is 5.78 Å². The number of aryl methyl sites for hydroxylation is 1. The van der Waals surface area contributed by atoms with Gasteiger partial charge >= 0.3 is 5.69 Å². The second-order valence-electron chi connectivity index (χ2n) is 3.11. The van der Waals surface area contributed by atoms with Crippen LogP contribution in [0.4, 0.5) is 0 Å². The number of imidazole rings is 1. The Hall–Kier alpha value is -1.32. The molecule has 4 nitrogen and oxygen atoms in total. The Kier molecular flexibility index (Phi) is 3.06. The first-order valence-corrected chi connectivity index (χ1v) is 4.38. The van der Waals surface area contributed by atoms with Gasteiger partial charge in [0, 0.05) is 25.9 Å². The standard InChI is InChI=1S/C9H14N2O2/c1-3-4-8(12)7-11-6-5-10(2)9(11)13/h5-6H,3-4,7H2,1-2H3. The molecule has 0 aliphatic rings. The summed E-state index contributed by atoms with van der Waals surface area (Å²) in [6.07, 6.45) is 4.67. The number of carbonyl (C=O) groups is 1. The van der Waals surface area contributed by atoms with Crippen molar-refractivity contribution in [3.8, 4) is 0 Å². The van der Waals surface area contributed by atoms with Crippen LogP contribution in [0.5, 0.6) is 0 Å². The van der Waals surface area contributed by atoms with E-state index in [1.807, 2.05) is 6.92 Å². The van der Waals surface area contributed by atoms with Gasteiger partial charge in [-0.05, 0) is 6.42 Å². The largest absolute Gasteiger partial charge is 0.328 e. The Morgan fingerprint density at radius 2 is 2.15 bits per heavy atom. The Morgan fingerprint density at radius 3 is 2.62 bits per heavy atom. The molecule has 0 saturated heterocycles. The summed E-state index contributed by atoms with van der Waals surface area (Å²) in [7, 11) is 1.67. The fourth-order valence-electron chi connectivity index (χ4n) is 1.18. The van der Waals surface area contributed by atoms with Crippen LogP contribution in [0.15, 0.2) is 17.2 Å². The van der Waals surface area contributed by atoms with Crippen LogP contribution < -0.4 is 5.69 Å². The average Bonchev–Trinajstić information content (AvgIpc) is 2.37. The smallest absolute Gasteiger partial charge is 0.302 e. The quantitative estimate of drug-likeness (QED) is 0.682. The fourth-order valence-corrected chi connectivity index (χ4v) is 1.18. The summed E-state index contributed by atoms with van der Waals surface area (Å²) in [5, 5.41) is 0. The van der Waals surface area contributed by atoms with Crippen molar-refractivity contribution in [2.24, 2.45) is 7.05 Å². The molecule has 0 N–H and O–H groups in total. The molecule has 0 amide bonds. The van der Waals surface area contributed by atoms with Crippen molar-refractivity contribution in [3.05, 3.63) is 22.9 Å². The summed E-state index contributed by atoms with van der Waals surface area (Å²) in [6.45, 7) is 2.15. The van der Waals surface area contributed by atoms with Crippen LogP contribution in [-0.4, -0.2) is 14.9 Å². The maximum atomic E-state index is 11.3. The lowest BCUT2D eigenvalue weighted by molar-refractivity contribution is -0.119. The second kappa shape index (κ2) is 4.07. The third-order valence-electron chi connectivity index (χ3n) is 1.89. The van der Waals surface area contributed by atoms with Crippen LogP contribution >= 0.6 is 0 Å². The first kappa shape index (κ1) is 9.77. The van der Waals surface area contributed by atoms with E-state index in [0.29, 0.717) is 6.42 Å². The zero-order chi connectivity index (χ0) is 9.84. The molecule has 1 rings (SSSR count). The molecule has 0 fully saturated rings. The number of ketones is 1. The van der Waals surface area contributed by atoms with E-state index in [-0.39, 0.29) is 18.0 Å². The molecule has 0 aliphatic heterocycles. The van der Waals surface area contributed by atoms with Gasteiger partial charge in [0.05, 0.1) is 6.54 Å². The predicted molar refractivity (Wildman–Crippen MR) is 49.6 cm³/mol. The minimum Gasteiger partial charge on any atom is -0.302 e. The van der Waals surface area contributed by atoms with Gasteiger partial charge in [-0.25, -0.2) is 4.79 Å². The lowest BCUT2D eigenvalue weighted by Gasteiger charge is -1.98. The van der Waals surface area contributed by atoms with Gasteiger partial charge in [-0.3, -0.25) is 9.36 Å². The molecule has 0 saturated carbocycles. The highest BCUT2D eigenvalue weighted by molar-refractivity contribution is 5.78. The molecule has 1 aromatic rings. The number of hydrogen-bond acceptors (Lipinski definition) is 2. The van der Waals surface area contributed by atoms with Crippen LogP contribution in [0.25, 0.3) is 0 Å². The van der Waals surface area contributed by atoms with Gasteiger partial charge < -0.3 is 4.57 Å². The summed E-state index contributed by atoms with van der Waals surface area (Å²) >= 11 is 0. The minimum absolute atomic E-state index is 0.107. The van der Waals surface area contributed by atoms with E-state index >= 15 is 0 Å². The van der Waals surface area contributed by atoms with E-state index in [1.165, 1.54) is 9.13 Å². The average molecular weight is 182 g/mol. The first-order valence-electron chi connectivity index (χ1n) is 4.38. The molecule has 4 heteroatoms. The van der Waals surface area contributed by atoms with Gasteiger partial charge in [0.25, 0.3) is 0 Å². The lowest BCUT2D eigenvalue weighted by Crippen LogP contribution is -2.25. The van der Waals surface area contributed by atoms with Gasteiger partial charge in [0.2, 0.25) is 0 Å². The molecule has 0 unspecified atom stereocenters. The highest BCUT2D eigenvalue weighted by atomic mass is 16.2. The minimum atomic E-state index is -0.135. The van der Waals surface area contributed by atoms with Crippen LogP contribution in [0.3, 0.4) is 0 Å². The summed E-state index contributed by atoms with van der Waals surface area (Å²) in [4.78, 5) is 22.5. The molecule has 1 aromatic heterocycles. The van der Waals surface area contributed by atoms with Crippen molar-refractivity contribution in [1.82, 2.24) is 9.13 Å². The van der Waals surface area contributed by atoms with Crippen molar-refractivity contribution in [3.63, 3.8) is 0 Å². The number of rotatable bonds is 4. The molecular weight excluding hydrogens is 168 g/mol. The first-order chi connectivity index (χ1) is 6.15. The van der Waals surface area contributed by atoms with E-state index < -0.39 is 0 Å². The monoisotopic (exact) mass is 182 g/mol. The van der Waals surface area contributed by atoms with E-state index in [9.17, 15) is 9.59 Å². The Balaban J connectivity index is 2.69. The maximum Gasteiger partial charge on any atom is 0.328 e. The summed E-state index contributed by atoms with van der Waals surface area (Å²) in [5.74, 6) is 0.107. The Bertz CT molecular complexity index is 349. The van der Waals surface area contributed by atoms with Gasteiger partial charge in [0.1, 0.15) is 0 Å².